The molecule has 19 heavy (non-hydrogen) atoms. The summed E-state index contributed by atoms with van der Waals surface area (Å²) in [5.74, 6) is 1.07. The minimum atomic E-state index is 0.0629. The van der Waals surface area contributed by atoms with E-state index < -0.39 is 0 Å². The second kappa shape index (κ2) is 6.71. The van der Waals surface area contributed by atoms with Crippen LogP contribution in [0, 0.1) is 0 Å². The van der Waals surface area contributed by atoms with Crippen LogP contribution < -0.4 is 5.32 Å². The molecule has 1 aromatic heterocycles. The van der Waals surface area contributed by atoms with Gasteiger partial charge in [0.05, 0.1) is 6.04 Å². The number of benzene rings is 1. The van der Waals surface area contributed by atoms with Gasteiger partial charge < -0.3 is 10.3 Å². The molecule has 0 aliphatic rings. The highest BCUT2D eigenvalue weighted by atomic mass is 15.0. The zero-order chi connectivity index (χ0) is 13.5. The lowest BCUT2D eigenvalue weighted by Gasteiger charge is -2.24. The predicted molar refractivity (Wildman–Crippen MR) is 78.9 cm³/mol. The van der Waals surface area contributed by atoms with Crippen LogP contribution in [-0.2, 0) is 0 Å². The van der Waals surface area contributed by atoms with Gasteiger partial charge in [-0.15, -0.1) is 13.2 Å². The zero-order valence-electron chi connectivity index (χ0n) is 10.9. The van der Waals surface area contributed by atoms with Crippen molar-refractivity contribution < 1.29 is 0 Å². The molecular formula is C16H19N3. The average Bonchev–Trinajstić information content (AvgIpc) is 2.98. The maximum Gasteiger partial charge on any atom is 0.124 e. The van der Waals surface area contributed by atoms with E-state index in [0.29, 0.717) is 0 Å². The fourth-order valence-electron chi connectivity index (χ4n) is 2.19. The van der Waals surface area contributed by atoms with Gasteiger partial charge in [0, 0.05) is 24.9 Å². The minimum absolute atomic E-state index is 0.0629. The number of nitrogens with one attached hydrogen (secondary N) is 2. The minimum Gasteiger partial charge on any atom is -0.347 e. The third-order valence-corrected chi connectivity index (χ3v) is 3.09. The molecule has 0 radical (unpaired) electrons. The number of imidazole rings is 1. The Bertz CT molecular complexity index is 502. The number of hydrogen-bond donors (Lipinski definition) is 2. The van der Waals surface area contributed by atoms with Crippen molar-refractivity contribution >= 4 is 0 Å². The largest absolute Gasteiger partial charge is 0.347 e. The van der Waals surface area contributed by atoms with Crippen molar-refractivity contribution in [2.75, 3.05) is 6.54 Å². The van der Waals surface area contributed by atoms with Crippen LogP contribution in [0.4, 0.5) is 0 Å². The van der Waals surface area contributed by atoms with Crippen LogP contribution in [0.15, 0.2) is 68.0 Å². The molecule has 1 heterocycles. The van der Waals surface area contributed by atoms with E-state index in [-0.39, 0.29) is 12.0 Å². The number of aromatic amines is 1. The topological polar surface area (TPSA) is 40.7 Å². The van der Waals surface area contributed by atoms with Crippen LogP contribution in [0.1, 0.15) is 23.3 Å². The van der Waals surface area contributed by atoms with Gasteiger partial charge in [-0.25, -0.2) is 4.98 Å². The van der Waals surface area contributed by atoms with Gasteiger partial charge in [0.2, 0.25) is 0 Å². The molecule has 3 nitrogen and oxygen atoms in total. The summed E-state index contributed by atoms with van der Waals surface area (Å²) in [6.07, 6.45) is 7.41. The molecule has 0 amide bonds. The third kappa shape index (κ3) is 3.20. The Labute approximate surface area is 114 Å². The SMILES string of the molecule is C=CCN[C@@H](c1ncc[nH]1)[C@H](C=C)c1ccccc1. The second-order valence-electron chi connectivity index (χ2n) is 4.32. The fourth-order valence-corrected chi connectivity index (χ4v) is 2.19. The lowest BCUT2D eigenvalue weighted by Crippen LogP contribution is -2.27. The molecule has 1 aromatic carbocycles. The van der Waals surface area contributed by atoms with Crippen LogP contribution in [-0.4, -0.2) is 16.5 Å². The molecule has 0 saturated heterocycles. The summed E-state index contributed by atoms with van der Waals surface area (Å²) >= 11 is 0. The van der Waals surface area contributed by atoms with E-state index in [4.69, 9.17) is 0 Å². The maximum absolute atomic E-state index is 4.36. The molecule has 3 heteroatoms. The Hall–Kier alpha value is -2.13. The molecule has 98 valence electrons. The smallest absolute Gasteiger partial charge is 0.124 e. The van der Waals surface area contributed by atoms with Gasteiger partial charge in [0.15, 0.2) is 0 Å². The molecule has 0 fully saturated rings. The first-order chi connectivity index (χ1) is 9.36. The molecular weight excluding hydrogens is 234 g/mol. The Balaban J connectivity index is 2.30. The molecule has 2 N–H and O–H groups in total. The summed E-state index contributed by atoms with van der Waals surface area (Å²) in [7, 11) is 0. The van der Waals surface area contributed by atoms with Crippen LogP contribution in [0.5, 0.6) is 0 Å². The average molecular weight is 253 g/mol. The highest BCUT2D eigenvalue weighted by Crippen LogP contribution is 2.30. The van der Waals surface area contributed by atoms with E-state index in [1.54, 1.807) is 6.20 Å². The first kappa shape index (κ1) is 13.3. The number of nitrogens with zero attached hydrogens (tertiary/aromatic N) is 1. The van der Waals surface area contributed by atoms with Crippen molar-refractivity contribution in [3.8, 4) is 0 Å². The number of hydrogen-bond acceptors (Lipinski definition) is 2. The Morgan fingerprint density at radius 3 is 2.63 bits per heavy atom. The van der Waals surface area contributed by atoms with Crippen molar-refractivity contribution in [3.63, 3.8) is 0 Å². The Kier molecular flexibility index (Phi) is 4.70. The van der Waals surface area contributed by atoms with Crippen molar-refractivity contribution in [2.45, 2.75) is 12.0 Å². The van der Waals surface area contributed by atoms with E-state index in [1.165, 1.54) is 5.56 Å². The van der Waals surface area contributed by atoms with Gasteiger partial charge in [-0.3, -0.25) is 0 Å². The summed E-state index contributed by atoms with van der Waals surface area (Å²) in [5, 5.41) is 3.44. The zero-order valence-corrected chi connectivity index (χ0v) is 10.9. The number of H-pyrrole nitrogens is 1. The third-order valence-electron chi connectivity index (χ3n) is 3.09. The molecule has 0 spiro atoms. The number of rotatable bonds is 7. The monoisotopic (exact) mass is 253 g/mol. The molecule has 2 atom stereocenters. The van der Waals surface area contributed by atoms with Gasteiger partial charge in [-0.05, 0) is 5.56 Å². The van der Waals surface area contributed by atoms with Crippen LogP contribution in [0.2, 0.25) is 0 Å². The number of aromatic nitrogens is 2. The first-order valence-electron chi connectivity index (χ1n) is 6.38. The summed E-state index contributed by atoms with van der Waals surface area (Å²) in [6, 6.07) is 10.4. The van der Waals surface area contributed by atoms with E-state index in [1.807, 2.05) is 36.5 Å². The summed E-state index contributed by atoms with van der Waals surface area (Å²) < 4.78 is 0. The second-order valence-corrected chi connectivity index (χ2v) is 4.32. The summed E-state index contributed by atoms with van der Waals surface area (Å²) in [5.41, 5.74) is 1.22. The van der Waals surface area contributed by atoms with Crippen molar-refractivity contribution in [1.29, 1.82) is 0 Å². The van der Waals surface area contributed by atoms with Crippen LogP contribution in [0.25, 0.3) is 0 Å². The fraction of sp³-hybridized carbons (Fsp3) is 0.188. The van der Waals surface area contributed by atoms with E-state index in [0.717, 1.165) is 12.4 Å². The first-order valence-corrected chi connectivity index (χ1v) is 6.38. The van der Waals surface area contributed by atoms with E-state index in [2.05, 4.69) is 40.6 Å². The van der Waals surface area contributed by atoms with Gasteiger partial charge in [-0.1, -0.05) is 42.5 Å². The molecule has 0 aliphatic carbocycles. The molecule has 0 saturated carbocycles. The lowest BCUT2D eigenvalue weighted by molar-refractivity contribution is 0.498. The van der Waals surface area contributed by atoms with E-state index >= 15 is 0 Å². The molecule has 0 unspecified atom stereocenters. The predicted octanol–water partition coefficient (Wildman–Crippen LogP) is 3.20. The van der Waals surface area contributed by atoms with E-state index in [9.17, 15) is 0 Å². The Morgan fingerprint density at radius 1 is 1.26 bits per heavy atom. The van der Waals surface area contributed by atoms with Gasteiger partial charge in [0.25, 0.3) is 0 Å². The molecule has 0 aliphatic heterocycles. The van der Waals surface area contributed by atoms with Crippen LogP contribution >= 0.6 is 0 Å². The molecule has 0 bridgehead atoms. The van der Waals surface area contributed by atoms with Crippen molar-refractivity contribution in [1.82, 2.24) is 15.3 Å². The normalized spacial score (nSPS) is 13.7. The molecule has 2 aromatic rings. The highest BCUT2D eigenvalue weighted by molar-refractivity contribution is 5.27. The quantitative estimate of drug-likeness (QED) is 0.744. The standard InChI is InChI=1S/C16H19N3/c1-3-10-17-15(16-18-11-12-19-16)14(4-2)13-8-6-5-7-9-13/h3-9,11-12,14-15,17H,1-2,10H2,(H,18,19)/t14-,15-/m1/s1. The Morgan fingerprint density at radius 2 is 2.05 bits per heavy atom. The lowest BCUT2D eigenvalue weighted by atomic mass is 9.91. The maximum atomic E-state index is 4.36. The van der Waals surface area contributed by atoms with Gasteiger partial charge >= 0.3 is 0 Å². The van der Waals surface area contributed by atoms with Gasteiger partial charge in [0.1, 0.15) is 5.82 Å². The highest BCUT2D eigenvalue weighted by Gasteiger charge is 2.23. The molecule has 2 rings (SSSR count). The van der Waals surface area contributed by atoms with Crippen molar-refractivity contribution in [2.24, 2.45) is 0 Å². The summed E-state index contributed by atoms with van der Waals surface area (Å²) in [6.45, 7) is 8.45. The van der Waals surface area contributed by atoms with Crippen LogP contribution in [0.3, 0.4) is 0 Å². The van der Waals surface area contributed by atoms with Crippen molar-refractivity contribution in [3.05, 3.63) is 79.4 Å². The summed E-state index contributed by atoms with van der Waals surface area (Å²) in [4.78, 5) is 7.54. The van der Waals surface area contributed by atoms with Gasteiger partial charge in [-0.2, -0.15) is 0 Å².